The van der Waals surface area contributed by atoms with Crippen LogP contribution in [-0.4, -0.2) is 29.9 Å². The first-order valence-electron chi connectivity index (χ1n) is 6.27. The number of alkyl halides is 1. The third-order valence-corrected chi connectivity index (χ3v) is 4.50. The molecule has 0 bridgehead atoms. The minimum absolute atomic E-state index is 0.489. The van der Waals surface area contributed by atoms with E-state index in [-0.39, 0.29) is 0 Å². The molecule has 0 heterocycles. The molecule has 1 nitrogen and oxygen atoms in total. The Hall–Kier alpha value is 0.440. The molecule has 2 heteroatoms. The highest BCUT2D eigenvalue weighted by atomic mass is 79.9. The molecule has 92 valence electrons. The van der Waals surface area contributed by atoms with Crippen LogP contribution in [0.15, 0.2) is 0 Å². The Kier molecular flexibility index (Phi) is 7.90. The van der Waals surface area contributed by atoms with E-state index in [1.165, 1.54) is 32.2 Å². The van der Waals surface area contributed by atoms with Crippen LogP contribution in [-0.2, 0) is 0 Å². The van der Waals surface area contributed by atoms with Gasteiger partial charge in [-0.2, -0.15) is 0 Å². The van der Waals surface area contributed by atoms with Crippen molar-refractivity contribution in [3.05, 3.63) is 0 Å². The van der Waals surface area contributed by atoms with Gasteiger partial charge >= 0.3 is 0 Å². The SMILES string of the molecule is CCCC(CBr)(CCC)CN(C)C(C)C. The van der Waals surface area contributed by atoms with Crippen molar-refractivity contribution < 1.29 is 0 Å². The molecule has 0 aliphatic carbocycles. The van der Waals surface area contributed by atoms with Gasteiger partial charge in [0.15, 0.2) is 0 Å². The van der Waals surface area contributed by atoms with Crippen molar-refractivity contribution in [3.8, 4) is 0 Å². The quantitative estimate of drug-likeness (QED) is 0.598. The predicted molar refractivity (Wildman–Crippen MR) is 73.8 cm³/mol. The number of halogens is 1. The molecule has 0 N–H and O–H groups in total. The topological polar surface area (TPSA) is 3.24 Å². The maximum atomic E-state index is 3.73. The van der Waals surface area contributed by atoms with Crippen molar-refractivity contribution in [1.82, 2.24) is 4.90 Å². The summed E-state index contributed by atoms with van der Waals surface area (Å²) in [6.07, 6.45) is 5.25. The predicted octanol–water partition coefficient (Wildman–Crippen LogP) is 4.31. The molecule has 0 saturated heterocycles. The van der Waals surface area contributed by atoms with Crippen LogP contribution in [0.25, 0.3) is 0 Å². The Bertz CT molecular complexity index is 151. The van der Waals surface area contributed by atoms with Gasteiger partial charge in [-0.1, -0.05) is 42.6 Å². The lowest BCUT2D eigenvalue weighted by molar-refractivity contribution is 0.146. The minimum atomic E-state index is 0.489. The molecule has 0 unspecified atom stereocenters. The Balaban J connectivity index is 4.44. The Morgan fingerprint density at radius 3 is 1.87 bits per heavy atom. The molecule has 0 atom stereocenters. The summed E-state index contributed by atoms with van der Waals surface area (Å²) in [6, 6.07) is 0.650. The molecule has 0 fully saturated rings. The summed E-state index contributed by atoms with van der Waals surface area (Å²) in [7, 11) is 2.24. The van der Waals surface area contributed by atoms with Gasteiger partial charge in [0.25, 0.3) is 0 Å². The van der Waals surface area contributed by atoms with Crippen LogP contribution < -0.4 is 0 Å². The molecule has 0 radical (unpaired) electrons. The second-order valence-electron chi connectivity index (χ2n) is 5.14. The smallest absolute Gasteiger partial charge is 0.0100 e. The van der Waals surface area contributed by atoms with Crippen LogP contribution in [0.2, 0.25) is 0 Å². The fourth-order valence-corrected chi connectivity index (χ4v) is 2.97. The summed E-state index contributed by atoms with van der Waals surface area (Å²) in [4.78, 5) is 2.48. The second-order valence-corrected chi connectivity index (χ2v) is 5.70. The number of hydrogen-bond donors (Lipinski definition) is 0. The van der Waals surface area contributed by atoms with E-state index in [2.05, 4.69) is 55.6 Å². The maximum Gasteiger partial charge on any atom is 0.0100 e. The molecule has 0 aromatic heterocycles. The molecular weight excluding hydrogens is 250 g/mol. The van der Waals surface area contributed by atoms with Gasteiger partial charge < -0.3 is 4.90 Å². The van der Waals surface area contributed by atoms with Crippen molar-refractivity contribution in [2.75, 3.05) is 18.9 Å². The van der Waals surface area contributed by atoms with Crippen LogP contribution in [0, 0.1) is 5.41 Å². The number of hydrogen-bond acceptors (Lipinski definition) is 1. The molecule has 15 heavy (non-hydrogen) atoms. The second kappa shape index (κ2) is 7.67. The van der Waals surface area contributed by atoms with Gasteiger partial charge in [0, 0.05) is 17.9 Å². The number of nitrogens with zero attached hydrogens (tertiary/aromatic N) is 1. The zero-order chi connectivity index (χ0) is 11.9. The Morgan fingerprint density at radius 1 is 1.13 bits per heavy atom. The van der Waals surface area contributed by atoms with Gasteiger partial charge in [0.2, 0.25) is 0 Å². The third kappa shape index (κ3) is 5.35. The van der Waals surface area contributed by atoms with E-state index in [0.717, 1.165) is 5.33 Å². The van der Waals surface area contributed by atoms with E-state index in [1.54, 1.807) is 0 Å². The van der Waals surface area contributed by atoms with Gasteiger partial charge in [0.1, 0.15) is 0 Å². The van der Waals surface area contributed by atoms with E-state index < -0.39 is 0 Å². The van der Waals surface area contributed by atoms with E-state index in [1.807, 2.05) is 0 Å². The molecule has 0 saturated carbocycles. The van der Waals surface area contributed by atoms with Gasteiger partial charge in [-0.05, 0) is 39.2 Å². The van der Waals surface area contributed by atoms with Gasteiger partial charge in [0.05, 0.1) is 0 Å². The normalized spacial score (nSPS) is 12.8. The van der Waals surface area contributed by atoms with Gasteiger partial charge in [-0.25, -0.2) is 0 Å². The molecule has 0 aliphatic rings. The molecule has 0 aliphatic heterocycles. The average Bonchev–Trinajstić information content (AvgIpc) is 2.18. The first-order chi connectivity index (χ1) is 7.01. The standard InChI is InChI=1S/C13H28BrN/c1-6-8-13(10-14,9-7-2)11-15(5)12(3)4/h12H,6-11H2,1-5H3. The summed E-state index contributed by atoms with van der Waals surface area (Å²) in [5.74, 6) is 0. The summed E-state index contributed by atoms with van der Waals surface area (Å²) in [6.45, 7) is 10.4. The fraction of sp³-hybridized carbons (Fsp3) is 1.00. The largest absolute Gasteiger partial charge is 0.303 e. The lowest BCUT2D eigenvalue weighted by Crippen LogP contribution is -2.40. The highest BCUT2D eigenvalue weighted by Gasteiger charge is 2.29. The average molecular weight is 278 g/mol. The third-order valence-electron chi connectivity index (χ3n) is 3.31. The van der Waals surface area contributed by atoms with Crippen LogP contribution in [0.5, 0.6) is 0 Å². The van der Waals surface area contributed by atoms with E-state index in [0.29, 0.717) is 11.5 Å². The summed E-state index contributed by atoms with van der Waals surface area (Å²) in [5, 5.41) is 1.14. The monoisotopic (exact) mass is 277 g/mol. The Labute approximate surface area is 105 Å². The van der Waals surface area contributed by atoms with Crippen LogP contribution >= 0.6 is 15.9 Å². The number of rotatable bonds is 8. The lowest BCUT2D eigenvalue weighted by Gasteiger charge is -2.37. The van der Waals surface area contributed by atoms with Crippen LogP contribution in [0.1, 0.15) is 53.4 Å². The van der Waals surface area contributed by atoms with Crippen molar-refractivity contribution in [2.24, 2.45) is 5.41 Å². The van der Waals surface area contributed by atoms with Crippen LogP contribution in [0.3, 0.4) is 0 Å². The van der Waals surface area contributed by atoms with Gasteiger partial charge in [-0.3, -0.25) is 0 Å². The lowest BCUT2D eigenvalue weighted by atomic mass is 9.80. The highest BCUT2D eigenvalue weighted by Crippen LogP contribution is 2.33. The maximum absolute atomic E-state index is 3.73. The molecule has 0 aromatic rings. The van der Waals surface area contributed by atoms with Crippen molar-refractivity contribution >= 4 is 15.9 Å². The zero-order valence-corrected chi connectivity index (χ0v) is 12.7. The summed E-state index contributed by atoms with van der Waals surface area (Å²) < 4.78 is 0. The highest BCUT2D eigenvalue weighted by molar-refractivity contribution is 9.09. The van der Waals surface area contributed by atoms with E-state index >= 15 is 0 Å². The zero-order valence-electron chi connectivity index (χ0n) is 11.1. The van der Waals surface area contributed by atoms with Gasteiger partial charge in [-0.15, -0.1) is 0 Å². The van der Waals surface area contributed by atoms with Crippen LogP contribution in [0.4, 0.5) is 0 Å². The first kappa shape index (κ1) is 15.4. The van der Waals surface area contributed by atoms with Crippen molar-refractivity contribution in [3.63, 3.8) is 0 Å². The van der Waals surface area contributed by atoms with E-state index in [4.69, 9.17) is 0 Å². The molecule has 0 amide bonds. The first-order valence-corrected chi connectivity index (χ1v) is 7.39. The molecule has 0 rings (SSSR count). The fourth-order valence-electron chi connectivity index (χ4n) is 2.23. The minimum Gasteiger partial charge on any atom is -0.303 e. The van der Waals surface area contributed by atoms with Crippen molar-refractivity contribution in [2.45, 2.75) is 59.4 Å². The summed E-state index contributed by atoms with van der Waals surface area (Å²) >= 11 is 3.73. The molecular formula is C13H28BrN. The Morgan fingerprint density at radius 2 is 1.60 bits per heavy atom. The molecule has 0 spiro atoms. The molecule has 0 aromatic carbocycles. The van der Waals surface area contributed by atoms with Crippen molar-refractivity contribution in [1.29, 1.82) is 0 Å². The summed E-state index contributed by atoms with van der Waals surface area (Å²) in [5.41, 5.74) is 0.489. The van der Waals surface area contributed by atoms with E-state index in [9.17, 15) is 0 Å².